The molecule has 0 atom stereocenters. The van der Waals surface area contributed by atoms with Crippen LogP contribution in [0.3, 0.4) is 0 Å². The lowest BCUT2D eigenvalue weighted by atomic mass is 9.96. The number of rotatable bonds is 5. The molecule has 0 bridgehead atoms. The average molecular weight is 337 g/mol. The van der Waals surface area contributed by atoms with E-state index in [4.69, 9.17) is 16.0 Å². The summed E-state index contributed by atoms with van der Waals surface area (Å²) in [5.41, 5.74) is 4.17. The maximum Gasteiger partial charge on any atom is 0.258 e. The Morgan fingerprint density at radius 1 is 1.00 bits per heavy atom. The van der Waals surface area contributed by atoms with Crippen molar-refractivity contribution >= 4 is 25.7 Å². The molecule has 0 aromatic heterocycles. The molecule has 1 nitrogen and oxygen atoms in total. The van der Waals surface area contributed by atoms with Crippen molar-refractivity contribution in [2.45, 2.75) is 71.0 Å². The van der Waals surface area contributed by atoms with E-state index in [0.29, 0.717) is 16.6 Å². The molecular formula is C19H29ClOSi. The zero-order chi connectivity index (χ0) is 16.5. The lowest BCUT2D eigenvalue weighted by molar-refractivity contribution is 0.440. The highest BCUT2D eigenvalue weighted by Crippen LogP contribution is 2.46. The van der Waals surface area contributed by atoms with Crippen molar-refractivity contribution in [1.29, 1.82) is 0 Å². The third-order valence-electron chi connectivity index (χ3n) is 5.08. The highest BCUT2D eigenvalue weighted by Gasteiger charge is 2.47. The number of fused-ring (bicyclic) bond motifs is 1. The molecule has 0 spiro atoms. The van der Waals surface area contributed by atoms with Gasteiger partial charge in [-0.25, -0.2) is 0 Å². The van der Waals surface area contributed by atoms with Gasteiger partial charge in [0.05, 0.1) is 5.02 Å². The lowest BCUT2D eigenvalue weighted by Gasteiger charge is -2.43. The Labute approximate surface area is 141 Å². The normalized spacial score (nSPS) is 15.3. The monoisotopic (exact) mass is 336 g/mol. The number of aryl methyl sites for hydroxylation is 1. The van der Waals surface area contributed by atoms with Crippen LogP contribution in [-0.2, 0) is 10.8 Å². The standard InChI is InChI=1S/C19H29ClOSi/c1-13(2)22(14(3)4,15(5)6)21-18-12-8-10-16-9-7-11-17(20)19(16)18/h7,9,11-15H,8,10H2,1-6H3. The first-order valence-electron chi connectivity index (χ1n) is 8.47. The molecule has 0 fully saturated rings. The zero-order valence-electron chi connectivity index (χ0n) is 14.7. The molecule has 1 aromatic carbocycles. The van der Waals surface area contributed by atoms with Gasteiger partial charge >= 0.3 is 0 Å². The quantitative estimate of drug-likeness (QED) is 0.536. The molecule has 0 aliphatic heterocycles. The molecule has 22 heavy (non-hydrogen) atoms. The first-order valence-corrected chi connectivity index (χ1v) is 11.0. The van der Waals surface area contributed by atoms with Gasteiger partial charge in [-0.15, -0.1) is 0 Å². The van der Waals surface area contributed by atoms with Crippen LogP contribution in [-0.4, -0.2) is 8.32 Å². The Morgan fingerprint density at radius 2 is 1.59 bits per heavy atom. The summed E-state index contributed by atoms with van der Waals surface area (Å²) in [5, 5.41) is 0.822. The van der Waals surface area contributed by atoms with Crippen LogP contribution in [0.15, 0.2) is 24.3 Å². The molecule has 0 unspecified atom stereocenters. The van der Waals surface area contributed by atoms with E-state index in [-0.39, 0.29) is 0 Å². The summed E-state index contributed by atoms with van der Waals surface area (Å²) in [6.07, 6.45) is 4.35. The summed E-state index contributed by atoms with van der Waals surface area (Å²) >= 11 is 6.50. The second-order valence-corrected chi connectivity index (χ2v) is 13.1. The van der Waals surface area contributed by atoms with Crippen molar-refractivity contribution in [3.63, 3.8) is 0 Å². The van der Waals surface area contributed by atoms with Gasteiger partial charge in [0, 0.05) is 5.56 Å². The predicted octanol–water partition coefficient (Wildman–Crippen LogP) is 6.82. The summed E-state index contributed by atoms with van der Waals surface area (Å²) in [4.78, 5) is 0. The molecule has 0 saturated carbocycles. The van der Waals surface area contributed by atoms with Gasteiger partial charge in [-0.1, -0.05) is 65.3 Å². The van der Waals surface area contributed by atoms with Crippen LogP contribution in [0.5, 0.6) is 0 Å². The van der Waals surface area contributed by atoms with Gasteiger partial charge in [0.2, 0.25) is 0 Å². The van der Waals surface area contributed by atoms with E-state index in [9.17, 15) is 0 Å². The summed E-state index contributed by atoms with van der Waals surface area (Å²) in [5.74, 6) is 1.04. The number of hydrogen-bond donors (Lipinski definition) is 0. The fourth-order valence-electron chi connectivity index (χ4n) is 4.15. The minimum absolute atomic E-state index is 0.571. The molecule has 1 aliphatic rings. The van der Waals surface area contributed by atoms with Gasteiger partial charge in [0.15, 0.2) is 0 Å². The predicted molar refractivity (Wildman–Crippen MR) is 99.9 cm³/mol. The van der Waals surface area contributed by atoms with E-state index in [1.54, 1.807) is 0 Å². The van der Waals surface area contributed by atoms with Gasteiger partial charge in [0.25, 0.3) is 8.32 Å². The van der Waals surface area contributed by atoms with E-state index in [1.807, 2.05) is 12.1 Å². The second-order valence-electron chi connectivity index (χ2n) is 7.30. The van der Waals surface area contributed by atoms with Crippen molar-refractivity contribution in [2.75, 3.05) is 0 Å². The first kappa shape index (κ1) is 17.6. The molecule has 1 aliphatic carbocycles. The van der Waals surface area contributed by atoms with Crippen LogP contribution >= 0.6 is 11.6 Å². The van der Waals surface area contributed by atoms with Crippen molar-refractivity contribution in [2.24, 2.45) is 0 Å². The molecule has 1 aromatic rings. The van der Waals surface area contributed by atoms with E-state index in [1.165, 1.54) is 5.56 Å². The van der Waals surface area contributed by atoms with Gasteiger partial charge in [-0.05, 0) is 47.2 Å². The van der Waals surface area contributed by atoms with E-state index in [2.05, 4.69) is 53.7 Å². The lowest BCUT2D eigenvalue weighted by Crippen LogP contribution is -2.47. The highest BCUT2D eigenvalue weighted by molar-refractivity contribution is 6.78. The van der Waals surface area contributed by atoms with Crippen LogP contribution in [0, 0.1) is 0 Å². The van der Waals surface area contributed by atoms with E-state index in [0.717, 1.165) is 29.2 Å². The fourth-order valence-corrected chi connectivity index (χ4v) is 9.71. The SMILES string of the molecule is CC(C)[Si](OC1=CCCc2cccc(Cl)c21)(C(C)C)C(C)C. The summed E-state index contributed by atoms with van der Waals surface area (Å²) < 4.78 is 6.89. The molecule has 122 valence electrons. The second kappa shape index (κ2) is 6.80. The Kier molecular flexibility index (Phi) is 5.44. The number of halogens is 1. The summed E-state index contributed by atoms with van der Waals surface area (Å²) in [6, 6.07) is 6.20. The Hall–Kier alpha value is -0.733. The highest BCUT2D eigenvalue weighted by atomic mass is 35.5. The fraction of sp³-hybridized carbons (Fsp3) is 0.579. The molecule has 0 saturated heterocycles. The Bertz CT molecular complexity index is 539. The molecule has 0 heterocycles. The third-order valence-corrected chi connectivity index (χ3v) is 11.4. The number of allylic oxidation sites excluding steroid dienone is 1. The summed E-state index contributed by atoms with van der Waals surface area (Å²) in [7, 11) is -1.93. The van der Waals surface area contributed by atoms with E-state index < -0.39 is 8.32 Å². The van der Waals surface area contributed by atoms with Gasteiger partial charge < -0.3 is 4.43 Å². The van der Waals surface area contributed by atoms with Crippen LogP contribution in [0.4, 0.5) is 0 Å². The molecule has 0 N–H and O–H groups in total. The summed E-state index contributed by atoms with van der Waals surface area (Å²) in [6.45, 7) is 13.9. The first-order chi connectivity index (χ1) is 10.3. The minimum Gasteiger partial charge on any atom is -0.542 e. The average Bonchev–Trinajstić information content (AvgIpc) is 2.43. The molecule has 3 heteroatoms. The molecular weight excluding hydrogens is 308 g/mol. The van der Waals surface area contributed by atoms with Gasteiger partial charge in [0.1, 0.15) is 5.76 Å². The van der Waals surface area contributed by atoms with Crippen LogP contribution in [0.1, 0.15) is 59.1 Å². The van der Waals surface area contributed by atoms with Crippen LogP contribution in [0.2, 0.25) is 21.6 Å². The van der Waals surface area contributed by atoms with Crippen LogP contribution in [0.25, 0.3) is 5.76 Å². The van der Waals surface area contributed by atoms with Gasteiger partial charge in [-0.2, -0.15) is 0 Å². The smallest absolute Gasteiger partial charge is 0.258 e. The maximum atomic E-state index is 6.89. The topological polar surface area (TPSA) is 9.23 Å². The largest absolute Gasteiger partial charge is 0.542 e. The molecule has 0 radical (unpaired) electrons. The Morgan fingerprint density at radius 3 is 2.14 bits per heavy atom. The van der Waals surface area contributed by atoms with E-state index >= 15 is 0 Å². The third kappa shape index (κ3) is 3.00. The maximum absolute atomic E-state index is 6.89. The molecule has 0 amide bonds. The Balaban J connectivity index is 2.47. The zero-order valence-corrected chi connectivity index (χ0v) is 16.5. The minimum atomic E-state index is -1.93. The number of hydrogen-bond acceptors (Lipinski definition) is 1. The van der Waals surface area contributed by atoms with Crippen molar-refractivity contribution in [1.82, 2.24) is 0 Å². The van der Waals surface area contributed by atoms with Crippen molar-refractivity contribution in [3.05, 3.63) is 40.4 Å². The van der Waals surface area contributed by atoms with Crippen LogP contribution < -0.4 is 0 Å². The molecule has 2 rings (SSSR count). The van der Waals surface area contributed by atoms with Crippen molar-refractivity contribution < 1.29 is 4.43 Å². The van der Waals surface area contributed by atoms with Gasteiger partial charge in [-0.3, -0.25) is 0 Å². The number of benzene rings is 1. The van der Waals surface area contributed by atoms with Crippen molar-refractivity contribution in [3.8, 4) is 0 Å².